The van der Waals surface area contributed by atoms with Crippen LogP contribution in [0.1, 0.15) is 18.4 Å². The van der Waals surface area contributed by atoms with Crippen LogP contribution in [0, 0.1) is 6.92 Å². The van der Waals surface area contributed by atoms with Crippen LogP contribution < -0.4 is 4.90 Å². The Morgan fingerprint density at radius 2 is 1.95 bits per heavy atom. The number of pyridine rings is 1. The van der Waals surface area contributed by atoms with Crippen molar-refractivity contribution in [2.45, 2.75) is 31.5 Å². The third kappa shape index (κ3) is 2.86. The summed E-state index contributed by atoms with van der Waals surface area (Å²) in [6.07, 6.45) is -3.59. The second-order valence-electron chi connectivity index (χ2n) is 4.81. The number of anilines is 1. The second kappa shape index (κ2) is 4.94. The molecule has 7 heteroatoms. The molecule has 1 aliphatic heterocycles. The number of hydrogen-bond acceptors (Lipinski definition) is 3. The maximum Gasteiger partial charge on any atom is 0.417 e. The van der Waals surface area contributed by atoms with E-state index >= 15 is 0 Å². The maximum absolute atomic E-state index is 12.7. The van der Waals surface area contributed by atoms with Gasteiger partial charge in [0.15, 0.2) is 5.60 Å². The third-order valence-corrected chi connectivity index (χ3v) is 4.30. The topological polar surface area (TPSA) is 36.4 Å². The van der Waals surface area contributed by atoms with Crippen LogP contribution in [0.5, 0.6) is 0 Å². The lowest BCUT2D eigenvalue weighted by Gasteiger charge is -2.39. The molecule has 106 valence electrons. The van der Waals surface area contributed by atoms with Crippen LogP contribution in [0.25, 0.3) is 0 Å². The van der Waals surface area contributed by atoms with E-state index in [0.29, 0.717) is 5.82 Å². The molecule has 0 atom stereocenters. The smallest absolute Gasteiger partial charge is 0.380 e. The minimum atomic E-state index is -4.57. The van der Waals surface area contributed by atoms with Crippen molar-refractivity contribution in [1.29, 1.82) is 0 Å². The molecule has 0 spiro atoms. The largest absolute Gasteiger partial charge is 0.417 e. The van der Waals surface area contributed by atoms with Crippen LogP contribution >= 0.6 is 15.9 Å². The molecular weight excluding hydrogens is 325 g/mol. The highest BCUT2D eigenvalue weighted by atomic mass is 79.9. The molecule has 0 saturated carbocycles. The van der Waals surface area contributed by atoms with Gasteiger partial charge >= 0.3 is 6.18 Å². The zero-order chi connectivity index (χ0) is 14.3. The van der Waals surface area contributed by atoms with Gasteiger partial charge in [0.25, 0.3) is 0 Å². The van der Waals surface area contributed by atoms with Crippen molar-refractivity contribution in [3.63, 3.8) is 0 Å². The van der Waals surface area contributed by atoms with E-state index < -0.39 is 11.8 Å². The van der Waals surface area contributed by atoms with Crippen molar-refractivity contribution < 1.29 is 18.3 Å². The van der Waals surface area contributed by atoms with E-state index in [1.54, 1.807) is 11.1 Å². The van der Waals surface area contributed by atoms with E-state index in [0.717, 1.165) is 10.0 Å². The lowest BCUT2D eigenvalue weighted by molar-refractivity contribution is -0.266. The first-order valence-electron chi connectivity index (χ1n) is 5.89. The number of rotatable bonds is 1. The SMILES string of the molecule is Cc1cc(N2CCC(O)(C(F)(F)F)CC2)ncc1Br. The normalized spacial score (nSPS) is 19.6. The van der Waals surface area contributed by atoms with Gasteiger partial charge in [-0.2, -0.15) is 13.2 Å². The summed E-state index contributed by atoms with van der Waals surface area (Å²) < 4.78 is 38.9. The van der Waals surface area contributed by atoms with E-state index in [9.17, 15) is 18.3 Å². The summed E-state index contributed by atoms with van der Waals surface area (Å²) in [6.45, 7) is 2.18. The van der Waals surface area contributed by atoms with Crippen molar-refractivity contribution in [1.82, 2.24) is 4.98 Å². The molecule has 0 radical (unpaired) electrons. The van der Waals surface area contributed by atoms with Crippen molar-refractivity contribution in [2.75, 3.05) is 18.0 Å². The Balaban J connectivity index is 2.10. The third-order valence-electron chi connectivity index (χ3n) is 3.47. The molecule has 19 heavy (non-hydrogen) atoms. The van der Waals surface area contributed by atoms with E-state index in [2.05, 4.69) is 20.9 Å². The molecule has 3 nitrogen and oxygen atoms in total. The number of alkyl halides is 3. The van der Waals surface area contributed by atoms with Crippen LogP contribution in [0.3, 0.4) is 0 Å². The van der Waals surface area contributed by atoms with E-state index in [1.807, 2.05) is 13.0 Å². The molecule has 0 unspecified atom stereocenters. The molecule has 1 saturated heterocycles. The summed E-state index contributed by atoms with van der Waals surface area (Å²) in [4.78, 5) is 5.95. The number of hydrogen-bond donors (Lipinski definition) is 1. The first-order chi connectivity index (χ1) is 8.73. The fraction of sp³-hybridized carbons (Fsp3) is 0.583. The summed E-state index contributed by atoms with van der Waals surface area (Å²) in [5, 5.41) is 9.59. The van der Waals surface area contributed by atoms with Gasteiger partial charge in [-0.3, -0.25) is 0 Å². The molecule has 1 aromatic heterocycles. The van der Waals surface area contributed by atoms with Gasteiger partial charge in [0.05, 0.1) is 0 Å². The molecule has 0 bridgehead atoms. The molecule has 1 aliphatic rings. The van der Waals surface area contributed by atoms with Crippen molar-refractivity contribution in [3.05, 3.63) is 22.3 Å². The summed E-state index contributed by atoms with van der Waals surface area (Å²) >= 11 is 3.33. The molecule has 1 fully saturated rings. The molecule has 0 aliphatic carbocycles. The molecule has 2 heterocycles. The molecule has 0 amide bonds. The molecule has 0 aromatic carbocycles. The van der Waals surface area contributed by atoms with E-state index in [1.165, 1.54) is 0 Å². The highest BCUT2D eigenvalue weighted by molar-refractivity contribution is 9.10. The maximum atomic E-state index is 12.7. The van der Waals surface area contributed by atoms with Gasteiger partial charge in [-0.25, -0.2) is 4.98 Å². The molecule has 2 rings (SSSR count). The number of halogens is 4. The zero-order valence-corrected chi connectivity index (χ0v) is 11.9. The molecule has 1 aromatic rings. The van der Waals surface area contributed by atoms with Crippen molar-refractivity contribution in [2.24, 2.45) is 0 Å². The predicted molar refractivity (Wildman–Crippen MR) is 69.1 cm³/mol. The quantitative estimate of drug-likeness (QED) is 0.854. The van der Waals surface area contributed by atoms with Gasteiger partial charge < -0.3 is 10.0 Å². The van der Waals surface area contributed by atoms with Crippen LogP contribution in [0.4, 0.5) is 19.0 Å². The molecule has 1 N–H and O–H groups in total. The van der Waals surface area contributed by atoms with Gasteiger partial charge in [0.2, 0.25) is 0 Å². The summed E-state index contributed by atoms with van der Waals surface area (Å²) in [7, 11) is 0. The summed E-state index contributed by atoms with van der Waals surface area (Å²) in [6, 6.07) is 1.82. The number of piperidine rings is 1. The van der Waals surface area contributed by atoms with Gasteiger partial charge in [-0.15, -0.1) is 0 Å². The number of aromatic nitrogens is 1. The van der Waals surface area contributed by atoms with E-state index in [-0.39, 0.29) is 25.9 Å². The lowest BCUT2D eigenvalue weighted by atomic mass is 9.91. The first kappa shape index (κ1) is 14.6. The Morgan fingerprint density at radius 3 is 2.42 bits per heavy atom. The highest BCUT2D eigenvalue weighted by Gasteiger charge is 2.54. The minimum absolute atomic E-state index is 0.143. The Kier molecular flexibility index (Phi) is 3.79. The number of nitrogens with zero attached hydrogens (tertiary/aromatic N) is 2. The minimum Gasteiger partial charge on any atom is -0.380 e. The predicted octanol–water partition coefficient (Wildman–Crippen LogP) is 3.05. The number of aliphatic hydroxyl groups is 1. The summed E-state index contributed by atoms with van der Waals surface area (Å²) in [5.41, 5.74) is -1.59. The monoisotopic (exact) mass is 338 g/mol. The van der Waals surface area contributed by atoms with Gasteiger partial charge in [0, 0.05) is 36.6 Å². The van der Waals surface area contributed by atoms with Crippen LogP contribution in [-0.4, -0.2) is 35.0 Å². The Labute approximate surface area is 117 Å². The van der Waals surface area contributed by atoms with Crippen LogP contribution in [-0.2, 0) is 0 Å². The number of aryl methyl sites for hydroxylation is 1. The van der Waals surface area contributed by atoms with Crippen molar-refractivity contribution in [3.8, 4) is 0 Å². The highest BCUT2D eigenvalue weighted by Crippen LogP contribution is 2.39. The van der Waals surface area contributed by atoms with Gasteiger partial charge in [-0.05, 0) is 34.5 Å². The fourth-order valence-corrected chi connectivity index (χ4v) is 2.30. The Bertz CT molecular complexity index is 471. The van der Waals surface area contributed by atoms with E-state index in [4.69, 9.17) is 0 Å². The van der Waals surface area contributed by atoms with Gasteiger partial charge in [-0.1, -0.05) is 0 Å². The van der Waals surface area contributed by atoms with Crippen LogP contribution in [0.2, 0.25) is 0 Å². The Hall–Kier alpha value is -0.820. The molecular formula is C12H14BrF3N2O. The standard InChI is InChI=1S/C12H14BrF3N2O/c1-8-6-10(17-7-9(8)13)18-4-2-11(19,3-5-18)12(14,15)16/h6-7,19H,2-5H2,1H3. The zero-order valence-electron chi connectivity index (χ0n) is 10.3. The Morgan fingerprint density at radius 1 is 1.37 bits per heavy atom. The average molecular weight is 339 g/mol. The second-order valence-corrected chi connectivity index (χ2v) is 5.66. The fourth-order valence-electron chi connectivity index (χ4n) is 2.09. The van der Waals surface area contributed by atoms with Crippen molar-refractivity contribution >= 4 is 21.7 Å². The van der Waals surface area contributed by atoms with Gasteiger partial charge in [0.1, 0.15) is 5.82 Å². The van der Waals surface area contributed by atoms with Crippen LogP contribution in [0.15, 0.2) is 16.7 Å². The summed E-state index contributed by atoms with van der Waals surface area (Å²) in [5.74, 6) is 0.643. The first-order valence-corrected chi connectivity index (χ1v) is 6.68. The average Bonchev–Trinajstić information content (AvgIpc) is 2.32. The lowest BCUT2D eigenvalue weighted by Crippen LogP contribution is -2.53.